The zero-order chi connectivity index (χ0) is 24.5. The molecule has 1 atom stereocenters. The van der Waals surface area contributed by atoms with Crippen LogP contribution in [0.25, 0.3) is 28.3 Å². The molecule has 6 rings (SSSR count). The van der Waals surface area contributed by atoms with Gasteiger partial charge in [0.05, 0.1) is 0 Å². The maximum atomic E-state index is 3.69. The minimum atomic E-state index is 0. The van der Waals surface area contributed by atoms with E-state index < -0.39 is 0 Å². The summed E-state index contributed by atoms with van der Waals surface area (Å²) in [6.45, 7) is 11.0. The Morgan fingerprint density at radius 1 is 0.842 bits per heavy atom. The second-order valence-corrected chi connectivity index (χ2v) is 10.8. The van der Waals surface area contributed by atoms with Crippen LogP contribution in [0.5, 0.6) is 0 Å². The predicted octanol–water partition coefficient (Wildman–Crippen LogP) is 3.07. The molecule has 0 saturated carbocycles. The molecule has 0 bridgehead atoms. The molecule has 4 aromatic carbocycles. The number of halogens is 2. The van der Waals surface area contributed by atoms with Gasteiger partial charge < -0.3 is 24.8 Å². The SMILES string of the molecule is CCC1=Cc2c(-c3cc(C)ccc3C)cccc2C1c1[c-]ccc2c1Cc1ccccc1-2.C[Si]C.[Cl-].[Cl-].[Zr+3]. The first-order chi connectivity index (χ1) is 17.1. The maximum absolute atomic E-state index is 3.69. The third kappa shape index (κ3) is 5.90. The molecule has 1 unspecified atom stereocenters. The number of rotatable bonds is 3. The molecule has 38 heavy (non-hydrogen) atoms. The fourth-order valence-electron chi connectivity index (χ4n) is 5.75. The van der Waals surface area contributed by atoms with Crippen molar-refractivity contribution < 1.29 is 51.0 Å². The standard InChI is InChI=1S/C32H27.C2H6Si.2ClH.Zr/c1-4-22-18-30-26(29-17-20(2)15-16-21(29)3)12-8-14-27(30)32(22)28-13-7-11-25-24-10-6-5-9-23(24)19-31(25)28;1-3-2;;;/h5-12,14-18,32H,4,19H2,1-3H3;1-2H3;2*1H;/q-1;;;;+3/p-2. The summed E-state index contributed by atoms with van der Waals surface area (Å²) in [6.07, 6.45) is 4.53. The Bertz CT molecular complexity index is 1440. The third-order valence-electron chi connectivity index (χ3n) is 7.35. The number of allylic oxidation sites excluding steroid dienone is 1. The third-order valence-corrected chi connectivity index (χ3v) is 7.35. The molecular weight excluding hydrogens is 599 g/mol. The van der Waals surface area contributed by atoms with Crippen molar-refractivity contribution in [1.82, 2.24) is 0 Å². The number of fused-ring (bicyclic) bond motifs is 4. The quantitative estimate of drug-likeness (QED) is 0.212. The molecule has 0 saturated heterocycles. The van der Waals surface area contributed by atoms with E-state index in [0.717, 1.165) is 22.4 Å². The van der Waals surface area contributed by atoms with Crippen molar-refractivity contribution in [2.45, 2.75) is 52.6 Å². The van der Waals surface area contributed by atoms with Crippen LogP contribution in [0.1, 0.15) is 58.2 Å². The first-order valence-corrected chi connectivity index (χ1v) is 14.7. The van der Waals surface area contributed by atoms with Crippen LogP contribution in [0.2, 0.25) is 13.1 Å². The van der Waals surface area contributed by atoms with Gasteiger partial charge in [-0.2, -0.15) is 18.2 Å². The normalized spacial score (nSPS) is 13.8. The van der Waals surface area contributed by atoms with Gasteiger partial charge in [-0.3, -0.25) is 0 Å². The summed E-state index contributed by atoms with van der Waals surface area (Å²) in [5, 5.41) is 0. The number of hydrogen-bond acceptors (Lipinski definition) is 0. The number of aryl methyl sites for hydroxylation is 2. The van der Waals surface area contributed by atoms with Gasteiger partial charge in [-0.1, -0.05) is 97.9 Å². The first-order valence-electron chi connectivity index (χ1n) is 12.7. The van der Waals surface area contributed by atoms with Crippen LogP contribution in [0, 0.1) is 19.9 Å². The van der Waals surface area contributed by atoms with Crippen LogP contribution in [0.3, 0.4) is 0 Å². The zero-order valence-corrected chi connectivity index (χ0v) is 27.7. The Hall–Kier alpha value is -1.70. The predicted molar refractivity (Wildman–Crippen MR) is 152 cm³/mol. The van der Waals surface area contributed by atoms with Gasteiger partial charge in [0.2, 0.25) is 0 Å². The van der Waals surface area contributed by atoms with E-state index in [1.54, 1.807) is 0 Å². The molecular formula is C34H33Cl2SiZr. The average molecular weight is 632 g/mol. The van der Waals surface area contributed by atoms with Gasteiger partial charge in [0, 0.05) is 15.4 Å². The van der Waals surface area contributed by atoms with Gasteiger partial charge in [0.15, 0.2) is 0 Å². The molecule has 191 valence electrons. The molecule has 0 aromatic heterocycles. The summed E-state index contributed by atoms with van der Waals surface area (Å²) >= 11 is 0. The van der Waals surface area contributed by atoms with Gasteiger partial charge in [-0.05, 0) is 65.6 Å². The largest absolute Gasteiger partial charge is 3.00 e. The van der Waals surface area contributed by atoms with E-state index in [1.807, 2.05) is 0 Å². The number of benzene rings is 4. The summed E-state index contributed by atoms with van der Waals surface area (Å²) in [4.78, 5) is 0. The van der Waals surface area contributed by atoms with Crippen LogP contribution >= 0.6 is 0 Å². The number of hydrogen-bond donors (Lipinski definition) is 0. The van der Waals surface area contributed by atoms with E-state index in [9.17, 15) is 0 Å². The maximum Gasteiger partial charge on any atom is 3.00 e. The molecule has 3 radical (unpaired) electrons. The summed E-state index contributed by atoms with van der Waals surface area (Å²) in [7, 11) is 1.08. The zero-order valence-electron chi connectivity index (χ0n) is 22.8. The fourth-order valence-corrected chi connectivity index (χ4v) is 5.75. The first kappa shape index (κ1) is 32.5. The van der Waals surface area contributed by atoms with Crippen molar-refractivity contribution in [2.24, 2.45) is 0 Å². The summed E-state index contributed by atoms with van der Waals surface area (Å²) in [5.74, 6) is 0.296. The molecule has 0 nitrogen and oxygen atoms in total. The van der Waals surface area contributed by atoms with Crippen molar-refractivity contribution in [3.63, 3.8) is 0 Å². The minimum Gasteiger partial charge on any atom is -1.00 e. The van der Waals surface area contributed by atoms with E-state index in [0.29, 0.717) is 5.92 Å². The van der Waals surface area contributed by atoms with Crippen LogP contribution < -0.4 is 24.8 Å². The van der Waals surface area contributed by atoms with Gasteiger partial charge in [0.1, 0.15) is 0 Å². The molecule has 0 aliphatic heterocycles. The molecule has 0 amide bonds. The van der Waals surface area contributed by atoms with Crippen LogP contribution in [0.4, 0.5) is 0 Å². The fraction of sp³-hybridized carbons (Fsp3) is 0.235. The monoisotopic (exact) mass is 629 g/mol. The molecule has 2 aliphatic carbocycles. The Morgan fingerprint density at radius 2 is 1.55 bits per heavy atom. The Kier molecular flexibility index (Phi) is 12.1. The van der Waals surface area contributed by atoms with Gasteiger partial charge >= 0.3 is 26.2 Å². The van der Waals surface area contributed by atoms with Crippen LogP contribution in [-0.4, -0.2) is 9.52 Å². The second-order valence-electron chi connectivity index (χ2n) is 9.75. The summed E-state index contributed by atoms with van der Waals surface area (Å²) < 4.78 is 0. The molecule has 0 fully saturated rings. The average Bonchev–Trinajstić information content (AvgIpc) is 3.44. The van der Waals surface area contributed by atoms with Gasteiger partial charge in [-0.15, -0.1) is 16.7 Å². The van der Waals surface area contributed by atoms with Crippen LogP contribution in [0.15, 0.2) is 78.4 Å². The smallest absolute Gasteiger partial charge is 1.00 e. The molecule has 0 spiro atoms. The van der Waals surface area contributed by atoms with Gasteiger partial charge in [0.25, 0.3) is 0 Å². The topological polar surface area (TPSA) is 0 Å². The van der Waals surface area contributed by atoms with E-state index >= 15 is 0 Å². The molecule has 0 heterocycles. The Morgan fingerprint density at radius 3 is 2.29 bits per heavy atom. The van der Waals surface area contributed by atoms with Crippen molar-refractivity contribution in [3.05, 3.63) is 123 Å². The van der Waals surface area contributed by atoms with Crippen LogP contribution in [-0.2, 0) is 32.6 Å². The molecule has 4 heteroatoms. The van der Waals surface area contributed by atoms with E-state index in [2.05, 4.69) is 119 Å². The molecule has 0 N–H and O–H groups in total. The van der Waals surface area contributed by atoms with E-state index in [1.165, 1.54) is 66.8 Å². The second kappa shape index (κ2) is 14.1. The molecule has 4 aromatic rings. The Labute approximate surface area is 263 Å². The van der Waals surface area contributed by atoms with Crippen molar-refractivity contribution in [3.8, 4) is 22.3 Å². The van der Waals surface area contributed by atoms with E-state index in [4.69, 9.17) is 0 Å². The Balaban J connectivity index is 0.000000809. The summed E-state index contributed by atoms with van der Waals surface area (Å²) in [5.41, 5.74) is 16.7. The minimum absolute atomic E-state index is 0. The molecule has 2 aliphatic rings. The van der Waals surface area contributed by atoms with Crippen molar-refractivity contribution in [2.75, 3.05) is 0 Å². The van der Waals surface area contributed by atoms with E-state index in [-0.39, 0.29) is 51.0 Å². The summed E-state index contributed by atoms with van der Waals surface area (Å²) in [6, 6.07) is 30.6. The van der Waals surface area contributed by atoms with Crippen molar-refractivity contribution >= 4 is 15.6 Å². The van der Waals surface area contributed by atoms with Crippen molar-refractivity contribution in [1.29, 1.82) is 0 Å². The van der Waals surface area contributed by atoms with Gasteiger partial charge in [-0.25, -0.2) is 0 Å².